The summed E-state index contributed by atoms with van der Waals surface area (Å²) in [5, 5.41) is 4.08. The van der Waals surface area contributed by atoms with Gasteiger partial charge in [0.1, 0.15) is 17.2 Å². The van der Waals surface area contributed by atoms with Crippen LogP contribution >= 0.6 is 0 Å². The first-order valence-corrected chi connectivity index (χ1v) is 6.78. The van der Waals surface area contributed by atoms with Crippen molar-refractivity contribution in [3.8, 4) is 0 Å². The molecule has 1 fully saturated rings. The predicted molar refractivity (Wildman–Crippen MR) is 76.1 cm³/mol. The van der Waals surface area contributed by atoms with Crippen molar-refractivity contribution in [1.82, 2.24) is 15.0 Å². The molecule has 0 bridgehead atoms. The van der Waals surface area contributed by atoms with Gasteiger partial charge in [0.05, 0.1) is 5.39 Å². The summed E-state index contributed by atoms with van der Waals surface area (Å²) in [5.74, 6) is 0.945. The Kier molecular flexibility index (Phi) is 3.00. The third-order valence-electron chi connectivity index (χ3n) is 3.87. The number of amides is 1. The van der Waals surface area contributed by atoms with Crippen LogP contribution in [0.15, 0.2) is 18.3 Å². The van der Waals surface area contributed by atoms with Crippen LogP contribution in [0.3, 0.4) is 0 Å². The topological polar surface area (TPSA) is 93.8 Å². The zero-order valence-corrected chi connectivity index (χ0v) is 11.4. The fourth-order valence-electron chi connectivity index (χ4n) is 2.80. The molecule has 3 rings (SSSR count). The second kappa shape index (κ2) is 4.70. The summed E-state index contributed by atoms with van der Waals surface area (Å²) in [5.41, 5.74) is 5.54. The molecule has 0 aliphatic heterocycles. The van der Waals surface area contributed by atoms with Gasteiger partial charge < -0.3 is 11.1 Å². The zero-order chi connectivity index (χ0) is 14.2. The largest absolute Gasteiger partial charge is 0.368 e. The SMILES string of the molecule is Cc1nc(NC2(C(N)=O)CCCC2)c2cccnc2n1. The molecule has 0 aromatic carbocycles. The summed E-state index contributed by atoms with van der Waals surface area (Å²) in [6.45, 7) is 1.81. The number of nitrogens with two attached hydrogens (primary N) is 1. The van der Waals surface area contributed by atoms with Gasteiger partial charge >= 0.3 is 0 Å². The van der Waals surface area contributed by atoms with Crippen LogP contribution in [-0.4, -0.2) is 26.4 Å². The molecule has 0 spiro atoms. The Labute approximate surface area is 116 Å². The Balaban J connectivity index is 2.08. The number of primary amides is 1. The van der Waals surface area contributed by atoms with Crippen molar-refractivity contribution in [2.24, 2.45) is 5.73 Å². The van der Waals surface area contributed by atoms with Crippen molar-refractivity contribution in [2.45, 2.75) is 38.1 Å². The lowest BCUT2D eigenvalue weighted by molar-refractivity contribution is -0.122. The molecule has 0 radical (unpaired) electrons. The molecule has 1 aliphatic rings. The molecule has 20 heavy (non-hydrogen) atoms. The fraction of sp³-hybridized carbons (Fsp3) is 0.429. The van der Waals surface area contributed by atoms with Crippen LogP contribution in [0, 0.1) is 6.92 Å². The lowest BCUT2D eigenvalue weighted by Crippen LogP contribution is -2.48. The first-order valence-electron chi connectivity index (χ1n) is 6.78. The highest BCUT2D eigenvalue weighted by Gasteiger charge is 2.40. The number of fused-ring (bicyclic) bond motifs is 1. The van der Waals surface area contributed by atoms with E-state index in [1.54, 1.807) is 6.20 Å². The van der Waals surface area contributed by atoms with Crippen LogP contribution in [0.2, 0.25) is 0 Å². The molecule has 1 amide bonds. The van der Waals surface area contributed by atoms with Gasteiger partial charge in [-0.25, -0.2) is 15.0 Å². The van der Waals surface area contributed by atoms with E-state index in [1.807, 2.05) is 19.1 Å². The maximum atomic E-state index is 11.8. The number of nitrogens with zero attached hydrogens (tertiary/aromatic N) is 3. The Morgan fingerprint density at radius 1 is 1.35 bits per heavy atom. The maximum Gasteiger partial charge on any atom is 0.243 e. The normalized spacial score (nSPS) is 17.2. The Bertz CT molecular complexity index is 664. The van der Waals surface area contributed by atoms with E-state index in [-0.39, 0.29) is 5.91 Å². The monoisotopic (exact) mass is 271 g/mol. The molecule has 6 heteroatoms. The van der Waals surface area contributed by atoms with Crippen molar-refractivity contribution < 1.29 is 4.79 Å². The highest BCUT2D eigenvalue weighted by molar-refractivity contribution is 5.92. The van der Waals surface area contributed by atoms with Crippen molar-refractivity contribution in [1.29, 1.82) is 0 Å². The van der Waals surface area contributed by atoms with Crippen molar-refractivity contribution in [3.63, 3.8) is 0 Å². The Morgan fingerprint density at radius 3 is 2.80 bits per heavy atom. The minimum Gasteiger partial charge on any atom is -0.368 e. The van der Waals surface area contributed by atoms with E-state index in [9.17, 15) is 4.79 Å². The van der Waals surface area contributed by atoms with Crippen LogP contribution in [0.4, 0.5) is 5.82 Å². The van der Waals surface area contributed by atoms with Crippen LogP contribution in [0.5, 0.6) is 0 Å². The average molecular weight is 271 g/mol. The van der Waals surface area contributed by atoms with Crippen LogP contribution in [0.1, 0.15) is 31.5 Å². The molecular formula is C14H17N5O. The summed E-state index contributed by atoms with van der Waals surface area (Å²) in [4.78, 5) is 24.8. The smallest absolute Gasteiger partial charge is 0.243 e. The van der Waals surface area contributed by atoms with E-state index in [4.69, 9.17) is 5.73 Å². The van der Waals surface area contributed by atoms with Gasteiger partial charge in [0.15, 0.2) is 5.65 Å². The van der Waals surface area contributed by atoms with Gasteiger partial charge in [-0.3, -0.25) is 4.79 Å². The van der Waals surface area contributed by atoms with Gasteiger partial charge in [0.2, 0.25) is 5.91 Å². The summed E-state index contributed by atoms with van der Waals surface area (Å²) in [6.07, 6.45) is 5.17. The number of hydrogen-bond acceptors (Lipinski definition) is 5. The number of anilines is 1. The molecule has 2 aromatic rings. The average Bonchev–Trinajstić information content (AvgIpc) is 2.88. The highest BCUT2D eigenvalue weighted by atomic mass is 16.1. The molecular weight excluding hydrogens is 254 g/mol. The maximum absolute atomic E-state index is 11.8. The lowest BCUT2D eigenvalue weighted by atomic mass is 9.96. The molecule has 1 aliphatic carbocycles. The minimum atomic E-state index is -0.691. The number of aryl methyl sites for hydroxylation is 1. The molecule has 0 saturated heterocycles. The number of carbonyl (C=O) groups is 1. The van der Waals surface area contributed by atoms with Crippen molar-refractivity contribution in [3.05, 3.63) is 24.2 Å². The van der Waals surface area contributed by atoms with Crippen LogP contribution < -0.4 is 11.1 Å². The molecule has 104 valence electrons. The second-order valence-corrected chi connectivity index (χ2v) is 5.27. The minimum absolute atomic E-state index is 0.316. The zero-order valence-electron chi connectivity index (χ0n) is 11.4. The lowest BCUT2D eigenvalue weighted by Gasteiger charge is -2.27. The van der Waals surface area contributed by atoms with Gasteiger partial charge in [0.25, 0.3) is 0 Å². The number of nitrogens with one attached hydrogen (secondary N) is 1. The number of hydrogen-bond donors (Lipinski definition) is 2. The number of carbonyl (C=O) groups excluding carboxylic acids is 1. The third-order valence-corrected chi connectivity index (χ3v) is 3.87. The van der Waals surface area contributed by atoms with E-state index in [1.165, 1.54) is 0 Å². The molecule has 1 saturated carbocycles. The van der Waals surface area contributed by atoms with E-state index >= 15 is 0 Å². The van der Waals surface area contributed by atoms with Crippen molar-refractivity contribution >= 4 is 22.8 Å². The number of rotatable bonds is 3. The fourth-order valence-corrected chi connectivity index (χ4v) is 2.80. The van der Waals surface area contributed by atoms with E-state index in [0.29, 0.717) is 17.3 Å². The Hall–Kier alpha value is -2.24. The summed E-state index contributed by atoms with van der Waals surface area (Å²) < 4.78 is 0. The number of pyridine rings is 1. The van der Waals surface area contributed by atoms with Gasteiger partial charge in [-0.1, -0.05) is 12.8 Å². The standard InChI is InChI=1S/C14H17N5O/c1-9-17-11-10(5-4-8-16-11)12(18-9)19-14(13(15)20)6-2-3-7-14/h4-5,8H,2-3,6-7H2,1H3,(H2,15,20)(H,16,17,18,19). The highest BCUT2D eigenvalue weighted by Crippen LogP contribution is 2.34. The first-order chi connectivity index (χ1) is 9.61. The van der Waals surface area contributed by atoms with Crippen LogP contribution in [0.25, 0.3) is 11.0 Å². The predicted octanol–water partition coefficient (Wildman–Crippen LogP) is 1.54. The van der Waals surface area contributed by atoms with E-state index < -0.39 is 5.54 Å². The first kappa shape index (κ1) is 12.8. The third kappa shape index (κ3) is 2.07. The van der Waals surface area contributed by atoms with Gasteiger partial charge in [-0.15, -0.1) is 0 Å². The van der Waals surface area contributed by atoms with E-state index in [0.717, 1.165) is 31.1 Å². The van der Waals surface area contributed by atoms with Crippen LogP contribution in [-0.2, 0) is 4.79 Å². The van der Waals surface area contributed by atoms with Gasteiger partial charge in [-0.2, -0.15) is 0 Å². The Morgan fingerprint density at radius 2 is 2.10 bits per heavy atom. The molecule has 0 unspecified atom stereocenters. The molecule has 2 heterocycles. The van der Waals surface area contributed by atoms with Gasteiger partial charge in [-0.05, 0) is 31.9 Å². The molecule has 0 atom stereocenters. The molecule has 3 N–H and O–H groups in total. The summed E-state index contributed by atoms with van der Waals surface area (Å²) in [7, 11) is 0. The summed E-state index contributed by atoms with van der Waals surface area (Å²) >= 11 is 0. The quantitative estimate of drug-likeness (QED) is 0.883. The van der Waals surface area contributed by atoms with Crippen molar-refractivity contribution in [2.75, 3.05) is 5.32 Å². The second-order valence-electron chi connectivity index (χ2n) is 5.27. The molecule has 2 aromatic heterocycles. The van der Waals surface area contributed by atoms with Gasteiger partial charge in [0, 0.05) is 6.20 Å². The summed E-state index contributed by atoms with van der Waals surface area (Å²) in [6, 6.07) is 3.73. The number of aromatic nitrogens is 3. The van der Waals surface area contributed by atoms with E-state index in [2.05, 4.69) is 20.3 Å². The molecule has 6 nitrogen and oxygen atoms in total.